The molecular weight excluding hydrogens is 416 g/mol. The van der Waals surface area contributed by atoms with Gasteiger partial charge in [0.25, 0.3) is 5.91 Å². The number of morpholine rings is 1. The molecule has 3 rings (SSSR count). The quantitative estimate of drug-likeness (QED) is 0.747. The summed E-state index contributed by atoms with van der Waals surface area (Å²) < 4.78 is 38.3. The van der Waals surface area contributed by atoms with Gasteiger partial charge in [-0.25, -0.2) is 8.42 Å². The van der Waals surface area contributed by atoms with Gasteiger partial charge in [0.05, 0.1) is 29.9 Å². The normalized spacial score (nSPS) is 15.3. The second-order valence-corrected chi connectivity index (χ2v) is 9.18. The van der Waals surface area contributed by atoms with Gasteiger partial charge in [0.1, 0.15) is 5.75 Å². The zero-order valence-corrected chi connectivity index (χ0v) is 17.8. The molecule has 0 bridgehead atoms. The van der Waals surface area contributed by atoms with Crippen LogP contribution in [0.3, 0.4) is 0 Å². The van der Waals surface area contributed by atoms with Crippen LogP contribution in [0.25, 0.3) is 0 Å². The van der Waals surface area contributed by atoms with Gasteiger partial charge in [-0.15, -0.1) is 0 Å². The largest absolute Gasteiger partial charge is 0.489 e. The van der Waals surface area contributed by atoms with Gasteiger partial charge in [0, 0.05) is 23.7 Å². The number of halogens is 1. The first kappa shape index (κ1) is 21.6. The molecule has 2 aromatic carbocycles. The van der Waals surface area contributed by atoms with Crippen LogP contribution in [0.1, 0.15) is 24.2 Å². The molecule has 1 heterocycles. The van der Waals surface area contributed by atoms with Gasteiger partial charge >= 0.3 is 0 Å². The molecule has 1 N–H and O–H groups in total. The van der Waals surface area contributed by atoms with E-state index in [0.717, 1.165) is 0 Å². The SMILES string of the molecule is CC(C)Oc1ccc(S(=O)(=O)N2CCOCC2)cc1NC(=O)c1cccc(Cl)c1. The van der Waals surface area contributed by atoms with Crippen LogP contribution in [0.4, 0.5) is 5.69 Å². The molecule has 1 fully saturated rings. The topological polar surface area (TPSA) is 84.9 Å². The second kappa shape index (κ2) is 9.13. The molecule has 1 amide bonds. The Bertz CT molecular complexity index is 988. The Labute approximate surface area is 175 Å². The van der Waals surface area contributed by atoms with E-state index in [9.17, 15) is 13.2 Å². The third-order valence-electron chi connectivity index (χ3n) is 4.26. The maximum Gasteiger partial charge on any atom is 0.255 e. The average molecular weight is 439 g/mol. The Morgan fingerprint density at radius 3 is 2.55 bits per heavy atom. The van der Waals surface area contributed by atoms with Crippen molar-refractivity contribution in [2.75, 3.05) is 31.6 Å². The summed E-state index contributed by atoms with van der Waals surface area (Å²) in [4.78, 5) is 12.7. The molecule has 0 atom stereocenters. The number of benzene rings is 2. The highest BCUT2D eigenvalue weighted by Gasteiger charge is 2.27. The van der Waals surface area contributed by atoms with E-state index in [1.54, 1.807) is 24.3 Å². The number of rotatable bonds is 6. The third kappa shape index (κ3) is 5.27. The van der Waals surface area contributed by atoms with Crippen LogP contribution >= 0.6 is 11.6 Å². The summed E-state index contributed by atoms with van der Waals surface area (Å²) in [5.74, 6) is -0.0293. The van der Waals surface area contributed by atoms with Gasteiger partial charge in [-0.2, -0.15) is 4.31 Å². The van der Waals surface area contributed by atoms with E-state index in [0.29, 0.717) is 29.5 Å². The maximum atomic E-state index is 13.0. The van der Waals surface area contributed by atoms with Crippen LogP contribution in [-0.2, 0) is 14.8 Å². The summed E-state index contributed by atoms with van der Waals surface area (Å²) in [6.07, 6.45) is -0.154. The van der Waals surface area contributed by atoms with Crippen molar-refractivity contribution in [3.05, 3.63) is 53.1 Å². The Morgan fingerprint density at radius 1 is 1.17 bits per heavy atom. The molecular formula is C20H23ClN2O5S. The van der Waals surface area contributed by atoms with Crippen molar-refractivity contribution in [1.29, 1.82) is 0 Å². The number of carbonyl (C=O) groups excluding carboxylic acids is 1. The van der Waals surface area contributed by atoms with Crippen LogP contribution in [-0.4, -0.2) is 51.0 Å². The van der Waals surface area contributed by atoms with Crippen LogP contribution in [0.15, 0.2) is 47.4 Å². The van der Waals surface area contributed by atoms with Crippen molar-refractivity contribution in [1.82, 2.24) is 4.31 Å². The summed E-state index contributed by atoms with van der Waals surface area (Å²) in [5.41, 5.74) is 0.632. The lowest BCUT2D eigenvalue weighted by molar-refractivity contribution is 0.0730. The molecule has 9 heteroatoms. The number of anilines is 1. The van der Waals surface area contributed by atoms with Crippen LogP contribution in [0, 0.1) is 0 Å². The van der Waals surface area contributed by atoms with E-state index < -0.39 is 15.9 Å². The average Bonchev–Trinajstić information content (AvgIpc) is 2.69. The lowest BCUT2D eigenvalue weighted by atomic mass is 10.2. The van der Waals surface area contributed by atoms with E-state index in [4.69, 9.17) is 21.1 Å². The van der Waals surface area contributed by atoms with Gasteiger partial charge in [-0.05, 0) is 50.2 Å². The minimum absolute atomic E-state index is 0.0805. The molecule has 0 unspecified atom stereocenters. The van der Waals surface area contributed by atoms with Gasteiger partial charge in [0.2, 0.25) is 10.0 Å². The maximum absolute atomic E-state index is 13.0. The number of nitrogens with zero attached hydrogens (tertiary/aromatic N) is 1. The van der Waals surface area contributed by atoms with Gasteiger partial charge in [-0.1, -0.05) is 17.7 Å². The minimum atomic E-state index is -3.71. The third-order valence-corrected chi connectivity index (χ3v) is 6.39. The minimum Gasteiger partial charge on any atom is -0.489 e. The monoisotopic (exact) mass is 438 g/mol. The summed E-state index contributed by atoms with van der Waals surface area (Å²) in [6, 6.07) is 11.0. The molecule has 2 aromatic rings. The fraction of sp³-hybridized carbons (Fsp3) is 0.350. The lowest BCUT2D eigenvalue weighted by Crippen LogP contribution is -2.40. The summed E-state index contributed by atoms with van der Waals surface area (Å²) in [5, 5.41) is 3.18. The van der Waals surface area contributed by atoms with E-state index in [1.807, 2.05) is 13.8 Å². The molecule has 0 aliphatic carbocycles. The zero-order chi connectivity index (χ0) is 21.0. The Morgan fingerprint density at radius 2 is 1.90 bits per heavy atom. The molecule has 0 saturated carbocycles. The number of carbonyl (C=O) groups is 1. The highest BCUT2D eigenvalue weighted by Crippen LogP contribution is 2.31. The Kier molecular flexibility index (Phi) is 6.79. The van der Waals surface area contributed by atoms with E-state index in [2.05, 4.69) is 5.32 Å². The molecule has 1 saturated heterocycles. The van der Waals surface area contributed by atoms with Crippen molar-refractivity contribution in [3.8, 4) is 5.75 Å². The van der Waals surface area contributed by atoms with Crippen molar-refractivity contribution < 1.29 is 22.7 Å². The van der Waals surface area contributed by atoms with E-state index in [-0.39, 0.29) is 29.8 Å². The highest BCUT2D eigenvalue weighted by atomic mass is 35.5. The summed E-state index contributed by atoms with van der Waals surface area (Å²) in [6.45, 7) is 4.98. The molecule has 7 nitrogen and oxygen atoms in total. The second-order valence-electron chi connectivity index (χ2n) is 6.81. The molecule has 1 aliphatic heterocycles. The van der Waals surface area contributed by atoms with Gasteiger partial charge < -0.3 is 14.8 Å². The molecule has 156 valence electrons. The first-order valence-corrected chi connectivity index (χ1v) is 11.0. The number of hydrogen-bond donors (Lipinski definition) is 1. The van der Waals surface area contributed by atoms with E-state index in [1.165, 1.54) is 22.5 Å². The van der Waals surface area contributed by atoms with E-state index >= 15 is 0 Å². The number of amides is 1. The standard InChI is InChI=1S/C20H23ClN2O5S/c1-14(2)28-19-7-6-17(29(25,26)23-8-10-27-11-9-23)13-18(19)22-20(24)15-4-3-5-16(21)12-15/h3-7,12-14H,8-11H2,1-2H3,(H,22,24). The molecule has 0 aromatic heterocycles. The molecule has 29 heavy (non-hydrogen) atoms. The summed E-state index contributed by atoms with van der Waals surface area (Å²) in [7, 11) is -3.71. The first-order chi connectivity index (χ1) is 13.8. The van der Waals surface area contributed by atoms with Gasteiger partial charge in [0.15, 0.2) is 0 Å². The first-order valence-electron chi connectivity index (χ1n) is 9.23. The van der Waals surface area contributed by atoms with Crippen LogP contribution < -0.4 is 10.1 Å². The fourth-order valence-corrected chi connectivity index (χ4v) is 4.51. The smallest absolute Gasteiger partial charge is 0.255 e. The predicted molar refractivity (Wildman–Crippen MR) is 111 cm³/mol. The van der Waals surface area contributed by atoms with Gasteiger partial charge in [-0.3, -0.25) is 4.79 Å². The van der Waals surface area contributed by atoms with Crippen molar-refractivity contribution in [3.63, 3.8) is 0 Å². The Hall–Kier alpha value is -2.13. The summed E-state index contributed by atoms with van der Waals surface area (Å²) >= 11 is 5.96. The number of hydrogen-bond acceptors (Lipinski definition) is 5. The number of nitrogens with one attached hydrogen (secondary N) is 1. The number of sulfonamides is 1. The van der Waals surface area contributed by atoms with Crippen LogP contribution in [0.2, 0.25) is 5.02 Å². The predicted octanol–water partition coefficient (Wildman–Crippen LogP) is 3.40. The van der Waals surface area contributed by atoms with Crippen molar-refractivity contribution >= 4 is 33.2 Å². The van der Waals surface area contributed by atoms with Crippen molar-refractivity contribution in [2.24, 2.45) is 0 Å². The molecule has 0 radical (unpaired) electrons. The molecule has 1 aliphatic rings. The lowest BCUT2D eigenvalue weighted by Gasteiger charge is -2.26. The Balaban J connectivity index is 1.94. The van der Waals surface area contributed by atoms with Crippen molar-refractivity contribution in [2.45, 2.75) is 24.8 Å². The number of ether oxygens (including phenoxy) is 2. The zero-order valence-electron chi connectivity index (χ0n) is 16.2. The molecule has 0 spiro atoms. The van der Waals surface area contributed by atoms with Crippen LogP contribution in [0.5, 0.6) is 5.75 Å². The fourth-order valence-electron chi connectivity index (χ4n) is 2.88. The highest BCUT2D eigenvalue weighted by molar-refractivity contribution is 7.89.